The first-order chi connectivity index (χ1) is 29.0. The average Bonchev–Trinajstić information content (AvgIpc) is 3.60. The van der Waals surface area contributed by atoms with Gasteiger partial charge in [0.05, 0.1) is 26.0 Å². The van der Waals surface area contributed by atoms with E-state index in [1.165, 1.54) is 50.3 Å². The normalized spacial score (nSPS) is 16.6. The van der Waals surface area contributed by atoms with Crippen molar-refractivity contribution in [1.29, 1.82) is 0 Å². The summed E-state index contributed by atoms with van der Waals surface area (Å²) in [5, 5.41) is 11.2. The second-order valence-electron chi connectivity index (χ2n) is 13.9. The molecule has 0 unspecified atom stereocenters. The van der Waals surface area contributed by atoms with Gasteiger partial charge in [0, 0.05) is 36.3 Å². The van der Waals surface area contributed by atoms with Crippen molar-refractivity contribution in [1.82, 2.24) is 16.1 Å². The van der Waals surface area contributed by atoms with E-state index < -0.39 is 29.9 Å². The molecule has 1 aliphatic carbocycles. The second kappa shape index (κ2) is 22.3. The van der Waals surface area contributed by atoms with Crippen LogP contribution < -0.4 is 25.5 Å². The van der Waals surface area contributed by atoms with E-state index in [4.69, 9.17) is 23.7 Å². The third-order valence-corrected chi connectivity index (χ3v) is 10.3. The standard InChI is InChI=1S/C45H49FN4O9S/c1-28(2)42(48-45(54)59-25-36-34-15-8-6-13-32(34)33-14-7-9-16-35(33)36)44(53)58-22-21-57-39-18-17-30(23-40(39)56-5)43(52)47-24-41(51)50-49-38(19-20-55-4)37-27-60-26-31(46)12-10-11-29(37)3/h6-18,23,27-28,36,42H,3,19-22,24-26H2,1-2,4-5H3,(H,47,52)(H,48,54)(H,50,51)/b11-10-,31-12+,37-27+,49-38+/t42-/m0/s1. The lowest BCUT2D eigenvalue weighted by molar-refractivity contribution is -0.148. The summed E-state index contributed by atoms with van der Waals surface area (Å²) in [5.74, 6) is -1.85. The molecule has 2 aliphatic rings. The number of alkyl carbamates (subject to hydrolysis) is 1. The lowest BCUT2D eigenvalue weighted by Gasteiger charge is -2.21. The van der Waals surface area contributed by atoms with E-state index in [0.29, 0.717) is 29.9 Å². The molecule has 0 radical (unpaired) electrons. The predicted octanol–water partition coefficient (Wildman–Crippen LogP) is 7.02. The van der Waals surface area contributed by atoms with E-state index >= 15 is 0 Å². The number of allylic oxidation sites excluding steroid dienone is 5. The van der Waals surface area contributed by atoms with E-state index in [1.54, 1.807) is 31.4 Å². The maximum atomic E-state index is 13.9. The first-order valence-electron chi connectivity index (χ1n) is 19.3. The number of hydrazone groups is 1. The number of hydrogen-bond acceptors (Lipinski definition) is 11. The lowest BCUT2D eigenvalue weighted by atomic mass is 9.98. The van der Waals surface area contributed by atoms with Gasteiger partial charge in [-0.25, -0.2) is 19.4 Å². The van der Waals surface area contributed by atoms with Gasteiger partial charge in [-0.1, -0.05) is 81.1 Å². The summed E-state index contributed by atoms with van der Waals surface area (Å²) in [6.45, 7) is 7.45. The number of nitrogens with zero attached hydrogens (tertiary/aromatic N) is 1. The number of carbonyl (C=O) groups is 4. The minimum absolute atomic E-state index is 0.0521. The number of thioether (sulfide) groups is 1. The van der Waals surface area contributed by atoms with Crippen LogP contribution in [0.5, 0.6) is 11.5 Å². The summed E-state index contributed by atoms with van der Waals surface area (Å²) in [6, 6.07) is 19.5. The number of methoxy groups -OCH3 is 2. The van der Waals surface area contributed by atoms with Gasteiger partial charge in [0.15, 0.2) is 11.5 Å². The minimum atomic E-state index is -0.964. The van der Waals surface area contributed by atoms with Gasteiger partial charge in [-0.2, -0.15) is 5.10 Å². The van der Waals surface area contributed by atoms with Gasteiger partial charge in [0.1, 0.15) is 31.7 Å². The molecule has 0 saturated heterocycles. The monoisotopic (exact) mass is 840 g/mol. The van der Waals surface area contributed by atoms with E-state index in [1.807, 2.05) is 36.4 Å². The third-order valence-electron chi connectivity index (χ3n) is 9.47. The number of halogens is 1. The highest BCUT2D eigenvalue weighted by Gasteiger charge is 2.31. The van der Waals surface area contributed by atoms with Crippen molar-refractivity contribution < 1.29 is 47.3 Å². The Morgan fingerprint density at radius 2 is 1.65 bits per heavy atom. The number of nitrogens with one attached hydrogen (secondary N) is 3. The van der Waals surface area contributed by atoms with Crippen LogP contribution in [0, 0.1) is 5.92 Å². The number of rotatable bonds is 18. The highest BCUT2D eigenvalue weighted by molar-refractivity contribution is 8.02. The Balaban J connectivity index is 1.07. The minimum Gasteiger partial charge on any atom is -0.493 e. The van der Waals surface area contributed by atoms with E-state index in [-0.39, 0.29) is 66.8 Å². The molecule has 0 bridgehead atoms. The number of esters is 1. The SMILES string of the molecule is C=C1/C=C\C=C(\F)CS/C=C1/C(CCOC)=N/NC(=O)CNC(=O)c1ccc(OCCOC(=O)[C@@H](NC(=O)OCC2c3ccccc3-c3ccccc32)C(C)C)c(OC)c1. The summed E-state index contributed by atoms with van der Waals surface area (Å²) in [4.78, 5) is 51.6. The molecule has 3 aromatic carbocycles. The zero-order valence-corrected chi connectivity index (χ0v) is 34.8. The van der Waals surface area contributed by atoms with Gasteiger partial charge >= 0.3 is 12.1 Å². The summed E-state index contributed by atoms with van der Waals surface area (Å²) < 4.78 is 41.3. The Hall–Kier alpha value is -6.19. The number of ether oxygens (including phenoxy) is 5. The first-order valence-corrected chi connectivity index (χ1v) is 20.3. The van der Waals surface area contributed by atoms with Crippen LogP contribution in [0.1, 0.15) is 47.7 Å². The van der Waals surface area contributed by atoms with Crippen LogP contribution in [0.15, 0.2) is 119 Å². The molecule has 0 aromatic heterocycles. The van der Waals surface area contributed by atoms with Gasteiger partial charge in [0.25, 0.3) is 11.8 Å². The Labute approximate surface area is 353 Å². The van der Waals surface area contributed by atoms with Gasteiger partial charge in [0.2, 0.25) is 0 Å². The average molecular weight is 841 g/mol. The van der Waals surface area contributed by atoms with Crippen molar-refractivity contribution in [2.24, 2.45) is 11.0 Å². The lowest BCUT2D eigenvalue weighted by Crippen LogP contribution is -2.46. The van der Waals surface area contributed by atoms with Crippen molar-refractivity contribution >= 4 is 41.4 Å². The Kier molecular flexibility index (Phi) is 16.7. The Morgan fingerprint density at radius 3 is 2.33 bits per heavy atom. The van der Waals surface area contributed by atoms with Gasteiger partial charge < -0.3 is 34.3 Å². The molecule has 0 fully saturated rings. The molecule has 13 nitrogen and oxygen atoms in total. The molecule has 1 heterocycles. The Morgan fingerprint density at radius 1 is 0.933 bits per heavy atom. The fourth-order valence-electron chi connectivity index (χ4n) is 6.40. The number of benzene rings is 3. The number of carbonyl (C=O) groups excluding carboxylic acids is 4. The predicted molar refractivity (Wildman–Crippen MR) is 229 cm³/mol. The zero-order valence-electron chi connectivity index (χ0n) is 34.0. The van der Waals surface area contributed by atoms with Crippen LogP contribution in [0.2, 0.25) is 0 Å². The summed E-state index contributed by atoms with van der Waals surface area (Å²) in [7, 11) is 2.94. The first kappa shape index (κ1) is 44.9. The maximum absolute atomic E-state index is 13.9. The van der Waals surface area contributed by atoms with Crippen LogP contribution in [-0.4, -0.2) is 88.6 Å². The van der Waals surface area contributed by atoms with Crippen molar-refractivity contribution in [3.63, 3.8) is 0 Å². The molecular formula is C45H49FN4O9S. The fourth-order valence-corrected chi connectivity index (χ4v) is 7.19. The van der Waals surface area contributed by atoms with Gasteiger partial charge in [-0.15, -0.1) is 11.8 Å². The number of hydrogen-bond donors (Lipinski definition) is 3. The van der Waals surface area contributed by atoms with Crippen LogP contribution in [0.3, 0.4) is 0 Å². The smallest absolute Gasteiger partial charge is 0.407 e. The van der Waals surface area contributed by atoms with Crippen molar-refractivity contribution in [3.05, 3.63) is 131 Å². The zero-order chi connectivity index (χ0) is 43.0. The van der Waals surface area contributed by atoms with Crippen LogP contribution in [0.25, 0.3) is 11.1 Å². The third kappa shape index (κ3) is 12.2. The van der Waals surface area contributed by atoms with Crippen molar-refractivity contribution in [3.8, 4) is 22.6 Å². The summed E-state index contributed by atoms with van der Waals surface area (Å²) in [5.41, 5.74) is 8.70. The molecule has 316 valence electrons. The van der Waals surface area contributed by atoms with Crippen LogP contribution in [-0.2, 0) is 23.8 Å². The largest absolute Gasteiger partial charge is 0.493 e. The summed E-state index contributed by atoms with van der Waals surface area (Å²) in [6.07, 6.45) is 4.19. The van der Waals surface area contributed by atoms with Crippen LogP contribution in [0.4, 0.5) is 9.18 Å². The fraction of sp³-hybridized carbons (Fsp3) is 0.311. The molecule has 1 aliphatic heterocycles. The molecule has 3 amide bonds. The van der Waals surface area contributed by atoms with E-state index in [2.05, 4.69) is 39.9 Å². The molecule has 1 atom stereocenters. The highest BCUT2D eigenvalue weighted by Crippen LogP contribution is 2.44. The van der Waals surface area contributed by atoms with Crippen LogP contribution >= 0.6 is 11.8 Å². The van der Waals surface area contributed by atoms with Crippen molar-refractivity contribution in [2.45, 2.75) is 32.2 Å². The maximum Gasteiger partial charge on any atom is 0.407 e. The summed E-state index contributed by atoms with van der Waals surface area (Å²) >= 11 is 1.23. The molecule has 3 aromatic rings. The number of amides is 3. The van der Waals surface area contributed by atoms with Gasteiger partial charge in [-0.3, -0.25) is 9.59 Å². The topological polar surface area (TPSA) is 163 Å². The molecule has 0 spiro atoms. The van der Waals surface area contributed by atoms with E-state index in [0.717, 1.165) is 22.3 Å². The molecule has 5 rings (SSSR count). The molecule has 3 N–H and O–H groups in total. The van der Waals surface area contributed by atoms with Gasteiger partial charge in [-0.05, 0) is 63.4 Å². The molecule has 60 heavy (non-hydrogen) atoms. The molecular weight excluding hydrogens is 792 g/mol. The highest BCUT2D eigenvalue weighted by atomic mass is 32.2. The number of fused-ring (bicyclic) bond motifs is 3. The second-order valence-corrected chi connectivity index (χ2v) is 14.8. The Bertz CT molecular complexity index is 2140. The van der Waals surface area contributed by atoms with Crippen molar-refractivity contribution in [2.75, 3.05) is 52.9 Å². The quantitative estimate of drug-likeness (QED) is 0.0526. The van der Waals surface area contributed by atoms with E-state index in [9.17, 15) is 23.6 Å². The molecule has 15 heteroatoms. The molecule has 0 saturated carbocycles.